The average Bonchev–Trinajstić information content (AvgIpc) is 3.14. The minimum atomic E-state index is -0.496. The van der Waals surface area contributed by atoms with E-state index in [0.717, 1.165) is 22.3 Å². The van der Waals surface area contributed by atoms with E-state index in [4.69, 9.17) is 4.74 Å². The second-order valence-electron chi connectivity index (χ2n) is 7.55. The van der Waals surface area contributed by atoms with Gasteiger partial charge in [-0.25, -0.2) is 4.79 Å². The van der Waals surface area contributed by atoms with Crippen LogP contribution in [0, 0.1) is 6.92 Å². The SMILES string of the molecule is C=C/C=C(\C=C/CC)Cn1c(Oc2ccnc(C)c2)nc2c1c(=O)n(CCCO)c(=O)n2C. The molecule has 3 aromatic rings. The third-order valence-corrected chi connectivity index (χ3v) is 5.05. The minimum absolute atomic E-state index is 0.105. The highest BCUT2D eigenvalue weighted by molar-refractivity contribution is 5.72. The number of imidazole rings is 1. The van der Waals surface area contributed by atoms with Gasteiger partial charge in [-0.3, -0.25) is 23.5 Å². The van der Waals surface area contributed by atoms with Crippen LogP contribution in [-0.4, -0.2) is 35.4 Å². The van der Waals surface area contributed by atoms with E-state index >= 15 is 0 Å². The van der Waals surface area contributed by atoms with Crippen molar-refractivity contribution in [2.75, 3.05) is 6.61 Å². The van der Waals surface area contributed by atoms with Gasteiger partial charge in [-0.15, -0.1) is 0 Å². The fourth-order valence-electron chi connectivity index (χ4n) is 3.45. The van der Waals surface area contributed by atoms with Gasteiger partial charge in [-0.1, -0.05) is 37.8 Å². The van der Waals surface area contributed by atoms with Crippen molar-refractivity contribution in [2.24, 2.45) is 7.05 Å². The highest BCUT2D eigenvalue weighted by Crippen LogP contribution is 2.25. The second-order valence-corrected chi connectivity index (χ2v) is 7.55. The zero-order valence-electron chi connectivity index (χ0n) is 19.2. The molecule has 3 rings (SSSR count). The normalized spacial score (nSPS) is 12.1. The van der Waals surface area contributed by atoms with E-state index in [0.29, 0.717) is 5.75 Å². The third-order valence-electron chi connectivity index (χ3n) is 5.05. The zero-order valence-corrected chi connectivity index (χ0v) is 19.2. The molecule has 3 aromatic heterocycles. The summed E-state index contributed by atoms with van der Waals surface area (Å²) in [6.07, 6.45) is 10.3. The van der Waals surface area contributed by atoms with Crippen molar-refractivity contribution < 1.29 is 9.84 Å². The lowest BCUT2D eigenvalue weighted by Crippen LogP contribution is -2.39. The smallest absolute Gasteiger partial charge is 0.332 e. The molecule has 0 aliphatic rings. The molecule has 0 aliphatic carbocycles. The molecule has 33 heavy (non-hydrogen) atoms. The molecule has 0 fully saturated rings. The van der Waals surface area contributed by atoms with Crippen LogP contribution in [0.3, 0.4) is 0 Å². The molecule has 0 saturated heterocycles. The number of aryl methyl sites for hydroxylation is 2. The average molecular weight is 452 g/mol. The van der Waals surface area contributed by atoms with Gasteiger partial charge in [-0.2, -0.15) is 4.98 Å². The Kier molecular flexibility index (Phi) is 7.78. The zero-order chi connectivity index (χ0) is 24.0. The van der Waals surface area contributed by atoms with Crippen molar-refractivity contribution >= 4 is 11.2 Å². The molecule has 0 aliphatic heterocycles. The van der Waals surface area contributed by atoms with Crippen LogP contribution < -0.4 is 16.0 Å². The largest absolute Gasteiger partial charge is 0.425 e. The van der Waals surface area contributed by atoms with Gasteiger partial charge in [0.1, 0.15) is 5.75 Å². The summed E-state index contributed by atoms with van der Waals surface area (Å²) in [7, 11) is 1.56. The van der Waals surface area contributed by atoms with Crippen LogP contribution >= 0.6 is 0 Å². The van der Waals surface area contributed by atoms with Gasteiger partial charge >= 0.3 is 11.7 Å². The predicted octanol–water partition coefficient (Wildman–Crippen LogP) is 2.85. The minimum Gasteiger partial charge on any atom is -0.425 e. The summed E-state index contributed by atoms with van der Waals surface area (Å²) in [5, 5.41) is 9.21. The van der Waals surface area contributed by atoms with Gasteiger partial charge in [-0.05, 0) is 31.4 Å². The van der Waals surface area contributed by atoms with Crippen molar-refractivity contribution in [2.45, 2.75) is 39.8 Å². The van der Waals surface area contributed by atoms with E-state index in [9.17, 15) is 14.7 Å². The molecule has 9 nitrogen and oxygen atoms in total. The van der Waals surface area contributed by atoms with Crippen LogP contribution in [-0.2, 0) is 20.1 Å². The molecule has 0 unspecified atom stereocenters. The highest BCUT2D eigenvalue weighted by Gasteiger charge is 2.22. The van der Waals surface area contributed by atoms with Gasteiger partial charge < -0.3 is 9.84 Å². The second kappa shape index (κ2) is 10.7. The Morgan fingerprint density at radius 3 is 2.76 bits per heavy atom. The lowest BCUT2D eigenvalue weighted by molar-refractivity contribution is 0.277. The molecule has 0 spiro atoms. The quantitative estimate of drug-likeness (QED) is 0.476. The standard InChI is InChI=1S/C24H29N5O4/c1-5-7-10-18(9-6-2)16-29-20-21(26-23(29)33-19-11-12-25-17(3)15-19)27(4)24(32)28(22(20)31)13-8-14-30/h6-7,9-12,15,30H,2,5,8,13-14,16H2,1,3-4H3/b10-7-,18-9+. The number of aromatic nitrogens is 5. The first-order valence-electron chi connectivity index (χ1n) is 10.8. The topological polar surface area (TPSA) is 104 Å². The molecule has 0 atom stereocenters. The maximum Gasteiger partial charge on any atom is 0.332 e. The van der Waals surface area contributed by atoms with E-state index in [-0.39, 0.29) is 43.3 Å². The number of aliphatic hydroxyl groups excluding tert-OH is 1. The number of ether oxygens (including phenoxy) is 1. The van der Waals surface area contributed by atoms with E-state index in [2.05, 4.69) is 16.5 Å². The summed E-state index contributed by atoms with van der Waals surface area (Å²) in [5.74, 6) is 0.517. The summed E-state index contributed by atoms with van der Waals surface area (Å²) in [4.78, 5) is 34.9. The highest BCUT2D eigenvalue weighted by atomic mass is 16.5. The maximum atomic E-state index is 13.4. The molecular weight excluding hydrogens is 422 g/mol. The number of nitrogens with zero attached hydrogens (tertiary/aromatic N) is 5. The van der Waals surface area contributed by atoms with Gasteiger partial charge in [0.25, 0.3) is 5.56 Å². The molecule has 9 heteroatoms. The molecule has 0 saturated carbocycles. The molecule has 0 bridgehead atoms. The van der Waals surface area contributed by atoms with Crippen LogP contribution in [0.2, 0.25) is 0 Å². The maximum absolute atomic E-state index is 13.4. The van der Waals surface area contributed by atoms with Crippen LogP contribution in [0.15, 0.2) is 64.4 Å². The lowest BCUT2D eigenvalue weighted by atomic mass is 10.2. The van der Waals surface area contributed by atoms with Crippen molar-refractivity contribution in [1.29, 1.82) is 0 Å². The summed E-state index contributed by atoms with van der Waals surface area (Å²) >= 11 is 0. The Balaban J connectivity index is 2.27. The Hall–Kier alpha value is -3.72. The Labute approximate surface area is 191 Å². The summed E-state index contributed by atoms with van der Waals surface area (Å²) in [5.41, 5.74) is 1.15. The molecule has 0 aromatic carbocycles. The Bertz CT molecular complexity index is 1330. The Morgan fingerprint density at radius 2 is 2.09 bits per heavy atom. The number of hydrogen-bond acceptors (Lipinski definition) is 6. The van der Waals surface area contributed by atoms with Crippen molar-refractivity contribution in [1.82, 2.24) is 23.7 Å². The fraction of sp³-hybridized carbons (Fsp3) is 0.333. The van der Waals surface area contributed by atoms with Crippen molar-refractivity contribution in [3.8, 4) is 11.8 Å². The van der Waals surface area contributed by atoms with E-state index in [1.807, 2.05) is 32.1 Å². The first kappa shape index (κ1) is 23.9. The van der Waals surface area contributed by atoms with Crippen molar-refractivity contribution in [3.05, 3.63) is 81.3 Å². The van der Waals surface area contributed by atoms with E-state index < -0.39 is 11.2 Å². The van der Waals surface area contributed by atoms with E-state index in [1.54, 1.807) is 36.0 Å². The molecular formula is C24H29N5O4. The third kappa shape index (κ3) is 5.20. The number of rotatable bonds is 10. The van der Waals surface area contributed by atoms with Crippen LogP contribution in [0.5, 0.6) is 11.8 Å². The van der Waals surface area contributed by atoms with Gasteiger partial charge in [0, 0.05) is 38.2 Å². The van der Waals surface area contributed by atoms with Gasteiger partial charge in [0.2, 0.25) is 0 Å². The number of pyridine rings is 1. The number of fused-ring (bicyclic) bond motifs is 1. The molecule has 1 N–H and O–H groups in total. The predicted molar refractivity (Wildman–Crippen MR) is 128 cm³/mol. The molecule has 0 radical (unpaired) electrons. The van der Waals surface area contributed by atoms with Gasteiger partial charge in [0.15, 0.2) is 11.2 Å². The Morgan fingerprint density at radius 1 is 1.30 bits per heavy atom. The monoisotopic (exact) mass is 451 g/mol. The first-order chi connectivity index (χ1) is 15.9. The van der Waals surface area contributed by atoms with E-state index in [1.165, 1.54) is 4.57 Å². The summed E-state index contributed by atoms with van der Waals surface area (Å²) in [6, 6.07) is 3.65. The van der Waals surface area contributed by atoms with Crippen molar-refractivity contribution in [3.63, 3.8) is 0 Å². The number of hydrogen-bond donors (Lipinski definition) is 1. The number of allylic oxidation sites excluding steroid dienone is 5. The summed E-state index contributed by atoms with van der Waals surface area (Å²) < 4.78 is 10.2. The first-order valence-corrected chi connectivity index (χ1v) is 10.8. The molecule has 0 amide bonds. The molecule has 174 valence electrons. The number of aliphatic hydroxyl groups is 1. The van der Waals surface area contributed by atoms with Crippen LogP contribution in [0.25, 0.3) is 11.2 Å². The van der Waals surface area contributed by atoms with Crippen LogP contribution in [0.4, 0.5) is 0 Å². The summed E-state index contributed by atoms with van der Waals surface area (Å²) in [6.45, 7) is 7.92. The fourth-order valence-corrected chi connectivity index (χ4v) is 3.45. The van der Waals surface area contributed by atoms with Gasteiger partial charge in [0.05, 0.1) is 6.54 Å². The lowest BCUT2D eigenvalue weighted by Gasteiger charge is -2.12. The van der Waals surface area contributed by atoms with Crippen LogP contribution in [0.1, 0.15) is 25.5 Å². The molecule has 3 heterocycles.